The minimum Gasteiger partial charge on any atom is -0.395 e. The second-order valence-corrected chi connectivity index (χ2v) is 11.4. The van der Waals surface area contributed by atoms with Gasteiger partial charge in [0.05, 0.1) is 29.8 Å². The lowest BCUT2D eigenvalue weighted by atomic mass is 10.0. The number of aryl methyl sites for hydroxylation is 1. The Bertz CT molecular complexity index is 1510. The first-order valence-electron chi connectivity index (χ1n) is 13.3. The summed E-state index contributed by atoms with van der Waals surface area (Å²) >= 11 is 0. The zero-order chi connectivity index (χ0) is 28.9. The molecule has 1 saturated heterocycles. The molecule has 0 aromatic carbocycles. The number of hydrogen-bond donors (Lipinski definition) is 4. The molecule has 14 heteroatoms. The number of piperazine rings is 1. The van der Waals surface area contributed by atoms with Crippen LogP contribution in [-0.4, -0.2) is 81.9 Å². The monoisotopic (exact) mass is 573 g/mol. The third-order valence-electron chi connectivity index (χ3n) is 7.07. The number of rotatable bonds is 7. The first-order chi connectivity index (χ1) is 19.1. The quantitative estimate of drug-likeness (QED) is 0.238. The van der Waals surface area contributed by atoms with Crippen molar-refractivity contribution < 1.29 is 22.9 Å². The Labute approximate surface area is 232 Å². The topological polar surface area (TPSA) is 180 Å². The van der Waals surface area contributed by atoms with Crippen molar-refractivity contribution in [2.24, 2.45) is 0 Å². The van der Waals surface area contributed by atoms with Crippen molar-refractivity contribution in [2.45, 2.75) is 45.6 Å². The zero-order valence-electron chi connectivity index (χ0n) is 22.6. The average molecular weight is 574 g/mol. The van der Waals surface area contributed by atoms with Gasteiger partial charge in [0.2, 0.25) is 5.95 Å². The van der Waals surface area contributed by atoms with Crippen LogP contribution in [0.15, 0.2) is 29.3 Å². The van der Waals surface area contributed by atoms with E-state index < -0.39 is 22.5 Å². The van der Waals surface area contributed by atoms with Crippen LogP contribution in [0.1, 0.15) is 54.6 Å². The maximum absolute atomic E-state index is 13.3. The molecule has 0 radical (unpaired) electrons. The van der Waals surface area contributed by atoms with E-state index in [2.05, 4.69) is 25.5 Å². The molecule has 40 heavy (non-hydrogen) atoms. The maximum Gasteiger partial charge on any atom is 0.267 e. The molecule has 2 aliphatic rings. The van der Waals surface area contributed by atoms with Crippen molar-refractivity contribution in [2.75, 3.05) is 48.8 Å². The van der Waals surface area contributed by atoms with Gasteiger partial charge in [0, 0.05) is 43.8 Å². The Balaban J connectivity index is 0.000000470. The molecule has 216 valence electrons. The van der Waals surface area contributed by atoms with Crippen molar-refractivity contribution in [3.8, 4) is 0 Å². The molecule has 0 spiro atoms. The third kappa shape index (κ3) is 6.99. The molecule has 3 aromatic heterocycles. The van der Waals surface area contributed by atoms with Crippen LogP contribution >= 0.6 is 0 Å². The average Bonchev–Trinajstić information content (AvgIpc) is 3.44. The molecule has 4 N–H and O–H groups in total. The summed E-state index contributed by atoms with van der Waals surface area (Å²) in [5, 5.41) is 15.1. The fourth-order valence-corrected chi connectivity index (χ4v) is 5.34. The number of nitrogens with one attached hydrogen (secondary N) is 2. The highest BCUT2D eigenvalue weighted by molar-refractivity contribution is 7.85. The third-order valence-corrected chi connectivity index (χ3v) is 7.77. The highest BCUT2D eigenvalue weighted by Crippen LogP contribution is 2.32. The minimum atomic E-state index is -3.92. The molecule has 5 rings (SSSR count). The van der Waals surface area contributed by atoms with Crippen LogP contribution in [0.4, 0.5) is 17.5 Å². The fourth-order valence-electron chi connectivity index (χ4n) is 5.11. The van der Waals surface area contributed by atoms with Crippen LogP contribution in [0.5, 0.6) is 0 Å². The number of nitrogens with zero attached hydrogens (tertiary/aromatic N) is 5. The van der Waals surface area contributed by atoms with Crippen LogP contribution in [0.3, 0.4) is 0 Å². The van der Waals surface area contributed by atoms with Crippen LogP contribution < -0.4 is 21.1 Å². The predicted molar refractivity (Wildman–Crippen MR) is 152 cm³/mol. The van der Waals surface area contributed by atoms with Gasteiger partial charge in [-0.05, 0) is 44.4 Å². The van der Waals surface area contributed by atoms with Gasteiger partial charge in [-0.3, -0.25) is 18.7 Å². The number of carbonyl (C=O) groups is 1. The summed E-state index contributed by atoms with van der Waals surface area (Å²) in [6.07, 6.45) is 7.52. The summed E-state index contributed by atoms with van der Waals surface area (Å²) in [7, 11) is -3.92. The number of aliphatic hydroxyl groups is 1. The SMILES string of the molecule is CC(=O)c1c(C)c2cnc(Nc3ccc(N4CCNCC4)cn3)nc2n(C2CCCC2)c1=O.O=S(=O)(O)CCO. The van der Waals surface area contributed by atoms with E-state index in [1.165, 1.54) is 6.92 Å². The van der Waals surface area contributed by atoms with E-state index in [1.807, 2.05) is 18.3 Å². The van der Waals surface area contributed by atoms with E-state index in [-0.39, 0.29) is 22.9 Å². The molecule has 0 bridgehead atoms. The molecular formula is C26H35N7O6S. The van der Waals surface area contributed by atoms with Gasteiger partial charge in [-0.15, -0.1) is 0 Å². The van der Waals surface area contributed by atoms with Crippen LogP contribution in [0.25, 0.3) is 11.0 Å². The Morgan fingerprint density at radius 2 is 1.85 bits per heavy atom. The van der Waals surface area contributed by atoms with Gasteiger partial charge < -0.3 is 20.6 Å². The zero-order valence-corrected chi connectivity index (χ0v) is 23.4. The Morgan fingerprint density at radius 1 is 1.15 bits per heavy atom. The van der Waals surface area contributed by atoms with E-state index >= 15 is 0 Å². The molecular weight excluding hydrogens is 538 g/mol. The maximum atomic E-state index is 13.3. The second kappa shape index (κ2) is 12.8. The standard InChI is InChI=1S/C24H29N7O2.C2H6O4S/c1-15-19-14-27-24(28-20-8-7-18(13-26-20)30-11-9-25-10-12-30)29-22(19)31(17-5-3-4-6-17)23(33)21(15)16(2)32;3-1-2-7(4,5)6/h7-8,13-14,17,25H,3-6,9-12H2,1-2H3,(H,26,27,28,29);3H,1-2H2,(H,4,5,6). The van der Waals surface area contributed by atoms with Crippen molar-refractivity contribution in [1.29, 1.82) is 0 Å². The first kappa shape index (κ1) is 29.5. The molecule has 2 fully saturated rings. The van der Waals surface area contributed by atoms with E-state index in [0.717, 1.165) is 62.9 Å². The van der Waals surface area contributed by atoms with Gasteiger partial charge >= 0.3 is 0 Å². The first-order valence-corrected chi connectivity index (χ1v) is 14.9. The number of pyridine rings is 2. The van der Waals surface area contributed by atoms with E-state index in [1.54, 1.807) is 17.7 Å². The molecule has 1 aliphatic heterocycles. The number of anilines is 3. The van der Waals surface area contributed by atoms with E-state index in [0.29, 0.717) is 23.0 Å². The molecule has 0 amide bonds. The lowest BCUT2D eigenvalue weighted by Gasteiger charge is -2.29. The number of ketones is 1. The number of aromatic nitrogens is 4. The number of Topliss-reactive ketones (excluding diaryl/α,β-unsaturated/α-hetero) is 1. The molecule has 0 atom stereocenters. The van der Waals surface area contributed by atoms with Gasteiger partial charge in [0.15, 0.2) is 5.78 Å². The van der Waals surface area contributed by atoms with Gasteiger partial charge in [-0.2, -0.15) is 13.4 Å². The van der Waals surface area contributed by atoms with Crippen LogP contribution in [0.2, 0.25) is 0 Å². The molecule has 4 heterocycles. The van der Waals surface area contributed by atoms with Gasteiger partial charge in [0.1, 0.15) is 11.5 Å². The van der Waals surface area contributed by atoms with Crippen molar-refractivity contribution in [3.63, 3.8) is 0 Å². The Morgan fingerprint density at radius 3 is 2.40 bits per heavy atom. The molecule has 13 nitrogen and oxygen atoms in total. The number of hydrogen-bond acceptors (Lipinski definition) is 11. The number of aliphatic hydroxyl groups excluding tert-OH is 1. The summed E-state index contributed by atoms with van der Waals surface area (Å²) in [6, 6.07) is 4.01. The molecule has 1 aliphatic carbocycles. The Kier molecular flexibility index (Phi) is 9.45. The number of fused-ring (bicyclic) bond motifs is 1. The summed E-state index contributed by atoms with van der Waals surface area (Å²) < 4.78 is 28.8. The lowest BCUT2D eigenvalue weighted by molar-refractivity contribution is 0.101. The Hall–Kier alpha value is -3.46. The summed E-state index contributed by atoms with van der Waals surface area (Å²) in [5.74, 6) is 0.223. The van der Waals surface area contributed by atoms with E-state index in [9.17, 15) is 18.0 Å². The molecule has 0 unspecified atom stereocenters. The van der Waals surface area contributed by atoms with E-state index in [4.69, 9.17) is 14.6 Å². The van der Waals surface area contributed by atoms with Crippen LogP contribution in [-0.2, 0) is 10.1 Å². The van der Waals surface area contributed by atoms with Gasteiger partial charge in [-0.25, -0.2) is 9.97 Å². The minimum absolute atomic E-state index is 0.0536. The normalized spacial score (nSPS) is 16.1. The summed E-state index contributed by atoms with van der Waals surface area (Å²) in [5.41, 5.74) is 2.29. The van der Waals surface area contributed by atoms with Crippen molar-refractivity contribution >= 4 is 44.4 Å². The fraction of sp³-hybridized carbons (Fsp3) is 0.500. The second-order valence-electron chi connectivity index (χ2n) is 9.87. The summed E-state index contributed by atoms with van der Waals surface area (Å²) in [4.78, 5) is 41.6. The smallest absolute Gasteiger partial charge is 0.267 e. The lowest BCUT2D eigenvalue weighted by Crippen LogP contribution is -2.43. The summed E-state index contributed by atoms with van der Waals surface area (Å²) in [6.45, 7) is 6.58. The largest absolute Gasteiger partial charge is 0.395 e. The van der Waals surface area contributed by atoms with Crippen molar-refractivity contribution in [3.05, 3.63) is 46.0 Å². The molecule has 1 saturated carbocycles. The number of carbonyl (C=O) groups excluding carboxylic acids is 1. The van der Waals surface area contributed by atoms with Crippen LogP contribution in [0, 0.1) is 6.92 Å². The molecule has 3 aromatic rings. The van der Waals surface area contributed by atoms with Gasteiger partial charge in [-0.1, -0.05) is 12.8 Å². The highest BCUT2D eigenvalue weighted by Gasteiger charge is 2.26. The van der Waals surface area contributed by atoms with Gasteiger partial charge in [0.25, 0.3) is 15.7 Å². The predicted octanol–water partition coefficient (Wildman–Crippen LogP) is 1.83. The van der Waals surface area contributed by atoms with Crippen molar-refractivity contribution in [1.82, 2.24) is 24.8 Å². The highest BCUT2D eigenvalue weighted by atomic mass is 32.2.